The molecule has 0 spiro atoms. The highest BCUT2D eigenvalue weighted by Crippen LogP contribution is 2.37. The fourth-order valence-corrected chi connectivity index (χ4v) is 1.07. The quantitative estimate of drug-likeness (QED) is 0.305. The maximum Gasteiger partial charge on any atom is 1.00 e. The number of phosphoric acid groups is 1. The second-order valence-corrected chi connectivity index (χ2v) is 3.37. The van der Waals surface area contributed by atoms with Gasteiger partial charge in [-0.2, -0.15) is 3.97 Å². The summed E-state index contributed by atoms with van der Waals surface area (Å²) in [5.41, 5.74) is 0. The second kappa shape index (κ2) is 2.33. The fourth-order valence-electron chi connectivity index (χ4n) is 0.119. The Bertz CT molecular complexity index is 220. The van der Waals surface area contributed by atoms with Crippen LogP contribution in [0.1, 0.15) is 1.43 Å². The Morgan fingerprint density at radius 2 is 1.89 bits per heavy atom. The van der Waals surface area contributed by atoms with Gasteiger partial charge < -0.3 is 14.3 Å². The Morgan fingerprint density at radius 3 is 1.89 bits per heavy atom. The third-order valence-electron chi connectivity index (χ3n) is 0.188. The molecule has 0 aromatic carbocycles. The van der Waals surface area contributed by atoms with Crippen LogP contribution >= 0.6 is 7.82 Å². The molecular weight excluding hydrogens is 175 g/mol. The number of hydrogen-bond acceptors (Lipinski definition) is 5. The summed E-state index contributed by atoms with van der Waals surface area (Å²) in [4.78, 5) is 15.3. The standard InChI is InChI=1S/H3O7PS/c1-8(2,3)7-9(4,5)6/h(H2,1,2,3)(H,4,5,6). The first-order chi connectivity index (χ1) is 3.71. The molecule has 9 heavy (non-hydrogen) atoms. The van der Waals surface area contributed by atoms with E-state index >= 15 is 0 Å². The van der Waals surface area contributed by atoms with Gasteiger partial charge in [0.2, 0.25) is 10.4 Å². The van der Waals surface area contributed by atoms with Crippen molar-refractivity contribution in [1.82, 2.24) is 0 Å². The second-order valence-electron chi connectivity index (χ2n) is 0.973. The van der Waals surface area contributed by atoms with Crippen LogP contribution in [0.15, 0.2) is 0 Å². The smallest absolute Gasteiger partial charge is 0.725 e. The molecule has 0 aliphatic heterocycles. The van der Waals surface area contributed by atoms with Gasteiger partial charge >= 0.3 is 9.25 Å². The van der Waals surface area contributed by atoms with E-state index in [0.29, 0.717) is 0 Å². The minimum Gasteiger partial charge on any atom is -0.725 e. The van der Waals surface area contributed by atoms with Gasteiger partial charge in [-0.3, -0.25) is 0 Å². The van der Waals surface area contributed by atoms with Crippen molar-refractivity contribution < 1.29 is 32.7 Å². The minimum atomic E-state index is -5.29. The van der Waals surface area contributed by atoms with Gasteiger partial charge in [0, 0.05) is 0 Å². The van der Waals surface area contributed by atoms with E-state index in [4.69, 9.17) is 9.79 Å². The zero-order valence-corrected chi connectivity index (χ0v) is 5.50. The topological polar surface area (TPSA) is 124 Å². The molecule has 0 atom stereocenters. The molecule has 0 fully saturated rings. The van der Waals surface area contributed by atoms with Crippen molar-refractivity contribution in [2.24, 2.45) is 0 Å². The lowest BCUT2D eigenvalue weighted by Gasteiger charge is -2.06. The van der Waals surface area contributed by atoms with E-state index in [0.717, 1.165) is 0 Å². The van der Waals surface area contributed by atoms with Crippen molar-refractivity contribution in [2.45, 2.75) is 0 Å². The highest BCUT2D eigenvalue weighted by Gasteiger charge is 2.17. The van der Waals surface area contributed by atoms with E-state index in [-0.39, 0.29) is 1.43 Å². The summed E-state index contributed by atoms with van der Waals surface area (Å²) in [6.45, 7) is 0. The van der Waals surface area contributed by atoms with Gasteiger partial charge in [0.25, 0.3) is 0 Å². The predicted octanol–water partition coefficient (Wildman–Crippen LogP) is -1.33. The van der Waals surface area contributed by atoms with Gasteiger partial charge in [-0.15, -0.1) is 0 Å². The van der Waals surface area contributed by atoms with Crippen LogP contribution in [-0.4, -0.2) is 22.8 Å². The molecule has 56 valence electrons. The van der Waals surface area contributed by atoms with Crippen LogP contribution in [-0.2, 0) is 18.9 Å². The average Bonchev–Trinajstić information content (AvgIpc) is 1.14. The molecule has 0 aliphatic rings. The van der Waals surface area contributed by atoms with Crippen LogP contribution in [0.5, 0.6) is 0 Å². The van der Waals surface area contributed by atoms with E-state index < -0.39 is 18.2 Å². The SMILES string of the molecule is O=P(O)(O)OS(=O)(=O)[O-].[H+]. The maximum atomic E-state index is 9.54. The van der Waals surface area contributed by atoms with Crippen LogP contribution < -0.4 is 0 Å². The summed E-state index contributed by atoms with van der Waals surface area (Å²) in [6.07, 6.45) is 0. The Balaban J connectivity index is 0. The fraction of sp³-hybridized carbons (Fsp3) is 0. The summed E-state index contributed by atoms with van der Waals surface area (Å²) in [5.74, 6) is 0. The lowest BCUT2D eigenvalue weighted by molar-refractivity contribution is 0.265. The summed E-state index contributed by atoms with van der Waals surface area (Å²) < 4.78 is 40.4. The zero-order chi connectivity index (χ0) is 7.71. The lowest BCUT2D eigenvalue weighted by atomic mass is 15.7. The summed E-state index contributed by atoms with van der Waals surface area (Å²) in [7, 11) is -10.5. The maximum absolute atomic E-state index is 9.54. The molecule has 0 amide bonds. The number of hydrogen-bond donors (Lipinski definition) is 2. The molecule has 0 bridgehead atoms. The van der Waals surface area contributed by atoms with Crippen molar-refractivity contribution in [2.75, 3.05) is 0 Å². The minimum absolute atomic E-state index is 0. The first kappa shape index (κ1) is 9.02. The molecule has 0 saturated carbocycles. The van der Waals surface area contributed by atoms with Gasteiger partial charge in [-0.25, -0.2) is 13.0 Å². The molecule has 0 aromatic heterocycles. The van der Waals surface area contributed by atoms with Crippen molar-refractivity contribution in [3.63, 3.8) is 0 Å². The van der Waals surface area contributed by atoms with Crippen LogP contribution in [0.3, 0.4) is 0 Å². The molecular formula is H3O7PS. The van der Waals surface area contributed by atoms with Gasteiger partial charge in [0.15, 0.2) is 0 Å². The highest BCUT2D eigenvalue weighted by atomic mass is 32.3. The van der Waals surface area contributed by atoms with Gasteiger partial charge in [-0.1, -0.05) is 0 Å². The predicted molar refractivity (Wildman–Crippen MR) is 23.9 cm³/mol. The Hall–Kier alpha value is 0.0200. The first-order valence-corrected chi connectivity index (χ1v) is 4.30. The Labute approximate surface area is 51.9 Å². The van der Waals surface area contributed by atoms with Crippen LogP contribution in [0.2, 0.25) is 0 Å². The summed E-state index contributed by atoms with van der Waals surface area (Å²) in [5, 5.41) is 0. The van der Waals surface area contributed by atoms with E-state index in [2.05, 4.69) is 3.97 Å². The normalized spacial score (nSPS) is 13.7. The van der Waals surface area contributed by atoms with Gasteiger partial charge in [-0.05, 0) is 0 Å². The molecule has 0 aromatic rings. The van der Waals surface area contributed by atoms with Crippen molar-refractivity contribution in [3.8, 4) is 0 Å². The molecule has 2 N–H and O–H groups in total. The average molecular weight is 178 g/mol. The zero-order valence-electron chi connectivity index (χ0n) is 4.79. The van der Waals surface area contributed by atoms with E-state index in [9.17, 15) is 17.5 Å². The van der Waals surface area contributed by atoms with Gasteiger partial charge in [0.05, 0.1) is 0 Å². The summed E-state index contributed by atoms with van der Waals surface area (Å²) >= 11 is 0. The molecule has 9 heteroatoms. The third kappa shape index (κ3) is 8.02. The molecule has 0 saturated heterocycles. The Morgan fingerprint density at radius 1 is 1.56 bits per heavy atom. The molecule has 7 nitrogen and oxygen atoms in total. The van der Waals surface area contributed by atoms with Crippen molar-refractivity contribution >= 4 is 18.2 Å². The van der Waals surface area contributed by atoms with Crippen molar-refractivity contribution in [1.29, 1.82) is 0 Å². The molecule has 0 rings (SSSR count). The van der Waals surface area contributed by atoms with E-state index in [1.807, 2.05) is 0 Å². The first-order valence-electron chi connectivity index (χ1n) is 1.43. The Kier molecular flexibility index (Phi) is 2.34. The third-order valence-corrected chi connectivity index (χ3v) is 1.70. The van der Waals surface area contributed by atoms with Crippen LogP contribution in [0, 0.1) is 0 Å². The number of rotatable bonds is 2. The highest BCUT2D eigenvalue weighted by molar-refractivity contribution is 7.85. The van der Waals surface area contributed by atoms with Gasteiger partial charge in [0.1, 0.15) is 0 Å². The molecule has 0 radical (unpaired) electrons. The molecule has 0 heterocycles. The van der Waals surface area contributed by atoms with Crippen LogP contribution in [0.25, 0.3) is 0 Å². The molecule has 0 unspecified atom stereocenters. The molecule has 0 aliphatic carbocycles. The van der Waals surface area contributed by atoms with Crippen LogP contribution in [0.4, 0.5) is 0 Å². The van der Waals surface area contributed by atoms with E-state index in [1.165, 1.54) is 0 Å². The van der Waals surface area contributed by atoms with Crippen molar-refractivity contribution in [3.05, 3.63) is 0 Å². The van der Waals surface area contributed by atoms with E-state index in [1.54, 1.807) is 0 Å². The summed E-state index contributed by atoms with van der Waals surface area (Å²) in [6, 6.07) is 0. The monoisotopic (exact) mass is 178 g/mol. The largest absolute Gasteiger partial charge is 1.00 e. The lowest BCUT2D eigenvalue weighted by Crippen LogP contribution is -2.00.